The first-order chi connectivity index (χ1) is 13.7. The van der Waals surface area contributed by atoms with Gasteiger partial charge in [0.25, 0.3) is 5.56 Å². The molecule has 1 aromatic carbocycles. The molecule has 0 saturated heterocycles. The van der Waals surface area contributed by atoms with Crippen LogP contribution in [0.3, 0.4) is 0 Å². The first-order valence-electron chi connectivity index (χ1n) is 9.52. The zero-order valence-electron chi connectivity index (χ0n) is 17.3. The molecule has 29 heavy (non-hydrogen) atoms. The molecule has 154 valence electrons. The fourth-order valence-corrected chi connectivity index (χ4v) is 3.46. The monoisotopic (exact) mass is 398 g/mol. The summed E-state index contributed by atoms with van der Waals surface area (Å²) < 4.78 is 3.73. The lowest BCUT2D eigenvalue weighted by Gasteiger charge is -2.27. The van der Waals surface area contributed by atoms with E-state index in [1.54, 1.807) is 11.6 Å². The third-order valence-corrected chi connectivity index (χ3v) is 4.95. The largest absolute Gasteiger partial charge is 0.369 e. The van der Waals surface area contributed by atoms with Gasteiger partial charge in [0, 0.05) is 38.1 Å². The smallest absolute Gasteiger partial charge is 0.332 e. The van der Waals surface area contributed by atoms with Crippen LogP contribution in [0.15, 0.2) is 40.2 Å². The van der Waals surface area contributed by atoms with Crippen LogP contribution in [0.4, 0.5) is 11.4 Å². The second-order valence-corrected chi connectivity index (χ2v) is 7.24. The Bertz CT molecular complexity index is 1150. The van der Waals surface area contributed by atoms with Crippen molar-refractivity contribution >= 4 is 28.4 Å². The number of nitrogens with one attached hydrogen (secondary N) is 1. The number of aryl methyl sites for hydroxylation is 2. The maximum atomic E-state index is 12.7. The number of carbonyl (C=O) groups is 1. The fraction of sp³-hybridized carbons (Fsp3) is 0.400. The molecular formula is C20H26N6O3. The Morgan fingerprint density at radius 2 is 1.83 bits per heavy atom. The summed E-state index contributed by atoms with van der Waals surface area (Å²) >= 11 is 0. The Labute approximate surface area is 168 Å². The minimum Gasteiger partial charge on any atom is -0.369 e. The van der Waals surface area contributed by atoms with Crippen LogP contribution in [0.2, 0.25) is 0 Å². The number of rotatable bonds is 6. The average molecular weight is 398 g/mol. The van der Waals surface area contributed by atoms with Crippen molar-refractivity contribution in [1.82, 2.24) is 18.7 Å². The van der Waals surface area contributed by atoms with Crippen molar-refractivity contribution in [2.45, 2.75) is 33.4 Å². The number of aromatic nitrogens is 4. The van der Waals surface area contributed by atoms with Gasteiger partial charge in [-0.25, -0.2) is 14.3 Å². The molecule has 9 nitrogen and oxygen atoms in total. The molecule has 1 N–H and O–H groups in total. The maximum absolute atomic E-state index is 12.7. The fourth-order valence-electron chi connectivity index (χ4n) is 3.46. The van der Waals surface area contributed by atoms with Gasteiger partial charge in [-0.2, -0.15) is 0 Å². The van der Waals surface area contributed by atoms with E-state index in [-0.39, 0.29) is 12.1 Å². The number of amides is 1. The van der Waals surface area contributed by atoms with Gasteiger partial charge in [0.15, 0.2) is 11.2 Å². The lowest BCUT2D eigenvalue weighted by molar-refractivity contribution is -0.116. The summed E-state index contributed by atoms with van der Waals surface area (Å²) in [5, 5.41) is 2.75. The zero-order valence-corrected chi connectivity index (χ0v) is 17.3. The summed E-state index contributed by atoms with van der Waals surface area (Å²) in [7, 11) is 3.20. The maximum Gasteiger partial charge on any atom is 0.332 e. The number of fused-ring (bicyclic) bond motifs is 1. The normalized spacial score (nSPS) is 11.2. The Morgan fingerprint density at radius 1 is 1.17 bits per heavy atom. The number of hydrogen-bond acceptors (Lipinski definition) is 5. The number of imidazole rings is 1. The van der Waals surface area contributed by atoms with Crippen LogP contribution in [-0.4, -0.2) is 37.2 Å². The third-order valence-electron chi connectivity index (χ3n) is 4.95. The molecule has 1 amide bonds. The highest BCUT2D eigenvalue weighted by Gasteiger charge is 2.17. The van der Waals surface area contributed by atoms with Gasteiger partial charge in [-0.3, -0.25) is 14.2 Å². The number of hydrogen-bond donors (Lipinski definition) is 1. The second kappa shape index (κ2) is 7.94. The molecule has 0 atom stereocenters. The SMILES string of the molecule is CCN(c1ccc(NC(=O)Cn2c(=O)c3c(ncn3C)n(C)c2=O)cc1)C(C)C. The van der Waals surface area contributed by atoms with E-state index in [0.29, 0.717) is 17.4 Å². The van der Waals surface area contributed by atoms with E-state index in [2.05, 4.69) is 36.0 Å². The van der Waals surface area contributed by atoms with E-state index in [9.17, 15) is 14.4 Å². The molecule has 0 fully saturated rings. The van der Waals surface area contributed by atoms with Crippen molar-refractivity contribution < 1.29 is 4.79 Å². The van der Waals surface area contributed by atoms with Crippen molar-refractivity contribution in [3.05, 3.63) is 51.4 Å². The molecule has 0 bridgehead atoms. The van der Waals surface area contributed by atoms with E-state index in [1.807, 2.05) is 24.3 Å². The summed E-state index contributed by atoms with van der Waals surface area (Å²) in [6.07, 6.45) is 1.47. The molecule has 0 saturated carbocycles. The Balaban J connectivity index is 1.82. The molecule has 9 heteroatoms. The lowest BCUT2D eigenvalue weighted by Crippen LogP contribution is -2.42. The van der Waals surface area contributed by atoms with Gasteiger partial charge in [0.2, 0.25) is 5.91 Å². The first kappa shape index (κ1) is 20.4. The third kappa shape index (κ3) is 3.80. The molecule has 0 aliphatic carbocycles. The predicted molar refractivity (Wildman–Crippen MR) is 113 cm³/mol. The van der Waals surface area contributed by atoms with Crippen LogP contribution in [0.1, 0.15) is 20.8 Å². The molecule has 3 aromatic rings. The second-order valence-electron chi connectivity index (χ2n) is 7.24. The van der Waals surface area contributed by atoms with Crippen LogP contribution in [0.5, 0.6) is 0 Å². The Kier molecular flexibility index (Phi) is 5.58. The van der Waals surface area contributed by atoms with Gasteiger partial charge >= 0.3 is 5.69 Å². The summed E-state index contributed by atoms with van der Waals surface area (Å²) in [6, 6.07) is 7.86. The number of benzene rings is 1. The summed E-state index contributed by atoms with van der Waals surface area (Å²) in [6.45, 7) is 6.84. The molecule has 2 aromatic heterocycles. The van der Waals surface area contributed by atoms with Crippen LogP contribution < -0.4 is 21.5 Å². The highest BCUT2D eigenvalue weighted by Crippen LogP contribution is 2.19. The van der Waals surface area contributed by atoms with E-state index >= 15 is 0 Å². The number of anilines is 2. The molecule has 0 spiro atoms. The quantitative estimate of drug-likeness (QED) is 0.676. The molecule has 2 heterocycles. The van der Waals surface area contributed by atoms with Gasteiger partial charge in [0.05, 0.1) is 6.33 Å². The number of carbonyl (C=O) groups excluding carboxylic acids is 1. The average Bonchev–Trinajstić information content (AvgIpc) is 3.07. The molecule has 0 radical (unpaired) electrons. The van der Waals surface area contributed by atoms with Crippen LogP contribution in [-0.2, 0) is 25.4 Å². The van der Waals surface area contributed by atoms with Gasteiger partial charge in [-0.15, -0.1) is 0 Å². The van der Waals surface area contributed by atoms with Crippen LogP contribution >= 0.6 is 0 Å². The minimum absolute atomic E-state index is 0.276. The van der Waals surface area contributed by atoms with Crippen molar-refractivity contribution in [3.63, 3.8) is 0 Å². The Hall–Kier alpha value is -3.36. The lowest BCUT2D eigenvalue weighted by atomic mass is 10.2. The highest BCUT2D eigenvalue weighted by molar-refractivity contribution is 5.90. The minimum atomic E-state index is -0.581. The summed E-state index contributed by atoms with van der Waals surface area (Å²) in [5.74, 6) is -0.449. The molecule has 0 aliphatic rings. The van der Waals surface area contributed by atoms with Gasteiger partial charge < -0.3 is 14.8 Å². The topological polar surface area (TPSA) is 94.2 Å². The van der Waals surface area contributed by atoms with Gasteiger partial charge in [-0.05, 0) is 45.0 Å². The van der Waals surface area contributed by atoms with E-state index in [0.717, 1.165) is 16.8 Å². The zero-order chi connectivity index (χ0) is 21.3. The standard InChI is InChI=1S/C20H26N6O3/c1-6-25(13(2)3)15-9-7-14(8-10-15)22-16(27)11-26-19(28)17-18(21-12-23(17)4)24(5)20(26)29/h7-10,12-13H,6,11H2,1-5H3,(H,22,27). The predicted octanol–water partition coefficient (Wildman–Crippen LogP) is 1.31. The molecular weight excluding hydrogens is 372 g/mol. The number of nitrogens with zero attached hydrogens (tertiary/aromatic N) is 5. The van der Waals surface area contributed by atoms with Gasteiger partial charge in [-0.1, -0.05) is 0 Å². The highest BCUT2D eigenvalue weighted by atomic mass is 16.2. The van der Waals surface area contributed by atoms with E-state index < -0.39 is 17.2 Å². The van der Waals surface area contributed by atoms with Crippen molar-refractivity contribution in [2.75, 3.05) is 16.8 Å². The van der Waals surface area contributed by atoms with Crippen molar-refractivity contribution in [3.8, 4) is 0 Å². The molecule has 3 rings (SSSR count). The van der Waals surface area contributed by atoms with E-state index in [1.165, 1.54) is 17.9 Å². The van der Waals surface area contributed by atoms with E-state index in [4.69, 9.17) is 0 Å². The molecule has 0 unspecified atom stereocenters. The van der Waals surface area contributed by atoms with Crippen molar-refractivity contribution in [2.24, 2.45) is 14.1 Å². The summed E-state index contributed by atoms with van der Waals surface area (Å²) in [5.41, 5.74) is 1.11. The summed E-state index contributed by atoms with van der Waals surface area (Å²) in [4.78, 5) is 44.0. The van der Waals surface area contributed by atoms with Crippen LogP contribution in [0.25, 0.3) is 11.2 Å². The van der Waals surface area contributed by atoms with Crippen LogP contribution in [0, 0.1) is 0 Å². The van der Waals surface area contributed by atoms with Crippen molar-refractivity contribution in [1.29, 1.82) is 0 Å². The Morgan fingerprint density at radius 3 is 2.41 bits per heavy atom. The van der Waals surface area contributed by atoms with Gasteiger partial charge in [0.1, 0.15) is 6.54 Å². The first-order valence-corrected chi connectivity index (χ1v) is 9.52. The molecule has 0 aliphatic heterocycles.